The van der Waals surface area contributed by atoms with Crippen molar-refractivity contribution in [1.29, 1.82) is 5.26 Å². The number of hydrogen-bond donors (Lipinski definition) is 2. The van der Waals surface area contributed by atoms with Gasteiger partial charge in [-0.25, -0.2) is 4.98 Å². The van der Waals surface area contributed by atoms with E-state index < -0.39 is 16.9 Å². The van der Waals surface area contributed by atoms with E-state index in [2.05, 4.69) is 56.3 Å². The number of carbonyl (C=O) groups excluding carboxylic acids is 1. The third-order valence-electron chi connectivity index (χ3n) is 10.5. The number of aliphatic hydroxyl groups is 1. The summed E-state index contributed by atoms with van der Waals surface area (Å²) in [6.45, 7) is 5.62. The summed E-state index contributed by atoms with van der Waals surface area (Å²) in [5, 5.41) is 24.1. The second-order valence-electron chi connectivity index (χ2n) is 13.9. The van der Waals surface area contributed by atoms with Crippen molar-refractivity contribution >= 4 is 16.7 Å². The highest BCUT2D eigenvalue weighted by Crippen LogP contribution is 2.40. The van der Waals surface area contributed by atoms with Crippen LogP contribution in [0, 0.1) is 17.2 Å². The second kappa shape index (κ2) is 13.9. The molecule has 1 amide bonds. The molecule has 3 aromatic rings. The molecular weight excluding hydrogens is 562 g/mol. The van der Waals surface area contributed by atoms with Gasteiger partial charge >= 0.3 is 0 Å². The van der Waals surface area contributed by atoms with Crippen LogP contribution in [0.1, 0.15) is 63.1 Å². The number of pyridine rings is 1. The van der Waals surface area contributed by atoms with Crippen LogP contribution >= 0.6 is 0 Å². The smallest absolute Gasteiger partial charge is 0.255 e. The molecule has 2 fully saturated rings. The van der Waals surface area contributed by atoms with Crippen LogP contribution in [0.4, 0.5) is 0 Å². The van der Waals surface area contributed by atoms with Crippen LogP contribution in [0.15, 0.2) is 60.7 Å². The first-order chi connectivity index (χ1) is 21.6. The molecule has 2 aliphatic rings. The number of nitrogens with zero attached hydrogens (tertiary/aromatic N) is 4. The Kier molecular flexibility index (Phi) is 10.1. The minimum absolute atomic E-state index is 0.155. The third kappa shape index (κ3) is 7.17. The number of primary amides is 1. The van der Waals surface area contributed by atoms with E-state index in [-0.39, 0.29) is 12.0 Å². The van der Waals surface area contributed by atoms with Gasteiger partial charge in [-0.05, 0) is 80.6 Å². The van der Waals surface area contributed by atoms with Crippen molar-refractivity contribution in [3.8, 4) is 11.9 Å². The number of nitriles is 1. The predicted octanol–water partition coefficient (Wildman–Crippen LogP) is 4.98. The van der Waals surface area contributed by atoms with Gasteiger partial charge in [0.1, 0.15) is 19.2 Å². The van der Waals surface area contributed by atoms with E-state index >= 15 is 0 Å². The quantitative estimate of drug-likeness (QED) is 0.279. The zero-order chi connectivity index (χ0) is 32.1. The van der Waals surface area contributed by atoms with Crippen LogP contribution < -0.4 is 10.5 Å². The summed E-state index contributed by atoms with van der Waals surface area (Å²) in [5.41, 5.74) is 6.02. The highest BCUT2D eigenvalue weighted by molar-refractivity contribution is 5.87. The van der Waals surface area contributed by atoms with E-state index in [4.69, 9.17) is 15.5 Å². The second-order valence-corrected chi connectivity index (χ2v) is 13.9. The Morgan fingerprint density at radius 3 is 2.53 bits per heavy atom. The number of quaternary nitrogens is 1. The number of ether oxygens (including phenoxy) is 1. The third-order valence-corrected chi connectivity index (χ3v) is 10.5. The molecule has 0 spiro atoms. The summed E-state index contributed by atoms with van der Waals surface area (Å²) in [6.07, 6.45) is 6.61. The average molecular weight is 613 g/mol. The monoisotopic (exact) mass is 612 g/mol. The lowest BCUT2D eigenvalue weighted by atomic mass is 9.71. The maximum atomic E-state index is 12.9. The summed E-state index contributed by atoms with van der Waals surface area (Å²) in [6, 6.07) is 22.7. The fraction of sp³-hybridized carbons (Fsp3) is 0.541. The van der Waals surface area contributed by atoms with Crippen molar-refractivity contribution in [3.05, 3.63) is 71.9 Å². The van der Waals surface area contributed by atoms with Crippen LogP contribution in [-0.4, -0.2) is 83.9 Å². The van der Waals surface area contributed by atoms with E-state index in [1.165, 1.54) is 0 Å². The molecule has 8 heteroatoms. The Bertz CT molecular complexity index is 1490. The molecule has 1 aromatic heterocycles. The van der Waals surface area contributed by atoms with Gasteiger partial charge in [-0.1, -0.05) is 61.9 Å². The molecule has 8 nitrogen and oxygen atoms in total. The highest BCUT2D eigenvalue weighted by atomic mass is 16.5. The lowest BCUT2D eigenvalue weighted by Crippen LogP contribution is -2.68. The number of piperidine rings is 1. The van der Waals surface area contributed by atoms with Crippen molar-refractivity contribution in [1.82, 2.24) is 9.88 Å². The van der Waals surface area contributed by atoms with E-state index in [9.17, 15) is 15.2 Å². The molecule has 1 saturated carbocycles. The first-order valence-corrected chi connectivity index (χ1v) is 16.7. The Balaban J connectivity index is 1.21. The van der Waals surface area contributed by atoms with Crippen molar-refractivity contribution in [2.45, 2.75) is 75.3 Å². The number of likely N-dealkylation sites (tertiary alicyclic amines) is 1. The fourth-order valence-corrected chi connectivity index (χ4v) is 7.71. The lowest BCUT2D eigenvalue weighted by molar-refractivity contribution is -0.922. The molecule has 0 bridgehead atoms. The fourth-order valence-electron chi connectivity index (χ4n) is 7.71. The van der Waals surface area contributed by atoms with Crippen molar-refractivity contribution < 1.29 is 19.1 Å². The molecule has 1 saturated heterocycles. The Hall–Kier alpha value is -3.51. The summed E-state index contributed by atoms with van der Waals surface area (Å²) in [7, 11) is 4.11. The van der Waals surface area contributed by atoms with Gasteiger partial charge in [0, 0.05) is 24.0 Å². The topological polar surface area (TPSA) is 112 Å². The average Bonchev–Trinajstić information content (AvgIpc) is 3.04. The summed E-state index contributed by atoms with van der Waals surface area (Å²) in [5.74, 6) is 0.150. The predicted molar refractivity (Wildman–Crippen MR) is 178 cm³/mol. The minimum atomic E-state index is -1.60. The highest BCUT2D eigenvalue weighted by Gasteiger charge is 2.54. The maximum absolute atomic E-state index is 12.9. The SMILES string of the molecule is CCCCc1cc2ccccc2c(OCC[N+](C)(C)[C@H]2CCC(CN3CCC(C#N)(c4ccccc4)CC3)C[C@@]2(O)C(N)=O)n1. The van der Waals surface area contributed by atoms with Gasteiger partial charge in [0.15, 0.2) is 5.60 Å². The normalized spacial score (nSPS) is 23.8. The van der Waals surface area contributed by atoms with Crippen LogP contribution in [-0.2, 0) is 16.6 Å². The summed E-state index contributed by atoms with van der Waals surface area (Å²) < 4.78 is 6.74. The van der Waals surface area contributed by atoms with Crippen molar-refractivity contribution in [2.75, 3.05) is 46.9 Å². The zero-order valence-corrected chi connectivity index (χ0v) is 27.3. The van der Waals surface area contributed by atoms with Crippen molar-refractivity contribution in [2.24, 2.45) is 11.7 Å². The van der Waals surface area contributed by atoms with E-state index in [1.54, 1.807) is 0 Å². The standard InChI is InChI=1S/C37H49N5O3/c1-4-5-14-31-24-29-11-9-10-15-32(29)34(40-31)45-23-22-42(2,3)33-17-16-28(25-37(33,44)35(39)43)26-41-20-18-36(27-38,19-21-41)30-12-7-6-8-13-30/h6-13,15,24,28,33,44H,4-5,14,16-23,25-26H2,1-3H3,(H-,39,43)/p+1/t28?,33-,37-/m0/s1. The summed E-state index contributed by atoms with van der Waals surface area (Å²) >= 11 is 0. The number of benzene rings is 2. The van der Waals surface area contributed by atoms with E-state index in [1.807, 2.05) is 36.4 Å². The first-order valence-electron chi connectivity index (χ1n) is 16.7. The van der Waals surface area contributed by atoms with Crippen LogP contribution in [0.5, 0.6) is 5.88 Å². The molecular formula is C37H50N5O3+. The number of fused-ring (bicyclic) bond motifs is 1. The van der Waals surface area contributed by atoms with Gasteiger partial charge in [-0.2, -0.15) is 5.26 Å². The Morgan fingerprint density at radius 2 is 1.84 bits per heavy atom. The molecule has 1 aliphatic heterocycles. The van der Waals surface area contributed by atoms with Crippen LogP contribution in [0.25, 0.3) is 10.8 Å². The number of rotatable bonds is 12. The number of amides is 1. The van der Waals surface area contributed by atoms with Gasteiger partial charge in [0.25, 0.3) is 5.91 Å². The number of aromatic nitrogens is 1. The van der Waals surface area contributed by atoms with Gasteiger partial charge in [0.05, 0.1) is 25.6 Å². The lowest BCUT2D eigenvalue weighted by Gasteiger charge is -2.49. The number of aryl methyl sites for hydroxylation is 1. The van der Waals surface area contributed by atoms with Gasteiger partial charge in [-0.3, -0.25) is 4.79 Å². The molecule has 45 heavy (non-hydrogen) atoms. The number of likely N-dealkylation sites (N-methyl/N-ethyl adjacent to an activating group) is 1. The first kappa shape index (κ1) is 32.9. The summed E-state index contributed by atoms with van der Waals surface area (Å²) in [4.78, 5) is 20.1. The number of unbranched alkanes of at least 4 members (excludes halogenated alkanes) is 1. The molecule has 0 radical (unpaired) electrons. The molecule has 2 aromatic carbocycles. The molecule has 1 aliphatic carbocycles. The van der Waals surface area contributed by atoms with Gasteiger partial charge < -0.3 is 25.0 Å². The minimum Gasteiger partial charge on any atom is -0.471 e. The molecule has 5 rings (SSSR count). The largest absolute Gasteiger partial charge is 0.471 e. The molecule has 1 unspecified atom stereocenters. The molecule has 2 heterocycles. The maximum Gasteiger partial charge on any atom is 0.255 e. The molecule has 3 atom stereocenters. The van der Waals surface area contributed by atoms with Crippen LogP contribution in [0.2, 0.25) is 0 Å². The number of carbonyl (C=O) groups is 1. The van der Waals surface area contributed by atoms with E-state index in [0.29, 0.717) is 36.4 Å². The Labute approximate surface area is 268 Å². The van der Waals surface area contributed by atoms with Crippen LogP contribution in [0.3, 0.4) is 0 Å². The Morgan fingerprint density at radius 1 is 1.13 bits per heavy atom. The van der Waals surface area contributed by atoms with Gasteiger partial charge in [0.2, 0.25) is 5.88 Å². The zero-order valence-electron chi connectivity index (χ0n) is 27.3. The molecule has 240 valence electrons. The van der Waals surface area contributed by atoms with E-state index in [0.717, 1.165) is 80.2 Å². The van der Waals surface area contributed by atoms with Gasteiger partial charge in [-0.15, -0.1) is 0 Å². The van der Waals surface area contributed by atoms with Crippen molar-refractivity contribution in [3.63, 3.8) is 0 Å². The molecule has 3 N–H and O–H groups in total. The number of hydrogen-bond acceptors (Lipinski definition) is 6. The number of nitrogens with two attached hydrogens (primary N) is 1.